The highest BCUT2D eigenvalue weighted by molar-refractivity contribution is 5.30. The van der Waals surface area contributed by atoms with Crippen molar-refractivity contribution in [3.63, 3.8) is 0 Å². The molecule has 1 aromatic rings. The van der Waals surface area contributed by atoms with E-state index < -0.39 is 0 Å². The van der Waals surface area contributed by atoms with Crippen LogP contribution < -0.4 is 5.32 Å². The summed E-state index contributed by atoms with van der Waals surface area (Å²) < 4.78 is 0. The van der Waals surface area contributed by atoms with Gasteiger partial charge in [0, 0.05) is 6.54 Å². The molecule has 0 fully saturated rings. The Labute approximate surface area is 126 Å². The van der Waals surface area contributed by atoms with Gasteiger partial charge < -0.3 is 5.32 Å². The lowest BCUT2D eigenvalue weighted by Gasteiger charge is -2.08. The Kier molecular flexibility index (Phi) is 9.40. The Morgan fingerprint density at radius 2 is 1.50 bits per heavy atom. The van der Waals surface area contributed by atoms with Gasteiger partial charge in [-0.1, -0.05) is 75.6 Å². The Morgan fingerprint density at radius 1 is 0.850 bits per heavy atom. The van der Waals surface area contributed by atoms with E-state index in [4.69, 9.17) is 0 Å². The van der Waals surface area contributed by atoms with Gasteiger partial charge in [0.25, 0.3) is 0 Å². The van der Waals surface area contributed by atoms with Gasteiger partial charge in [-0.05, 0) is 37.9 Å². The molecule has 0 aliphatic rings. The number of aryl methyl sites for hydroxylation is 2. The number of hydrogen-bond donors (Lipinski definition) is 1. The van der Waals surface area contributed by atoms with E-state index in [0.29, 0.717) is 0 Å². The molecular formula is C19H33N. The summed E-state index contributed by atoms with van der Waals surface area (Å²) in [5, 5.41) is 3.57. The molecule has 1 rings (SSSR count). The van der Waals surface area contributed by atoms with Crippen molar-refractivity contribution in [3.8, 4) is 0 Å². The smallest absolute Gasteiger partial charge is 0.0208 e. The molecule has 0 heterocycles. The van der Waals surface area contributed by atoms with Crippen LogP contribution in [-0.2, 0) is 6.54 Å². The van der Waals surface area contributed by atoms with Crippen LogP contribution in [0.4, 0.5) is 0 Å². The predicted molar refractivity (Wildman–Crippen MR) is 90.2 cm³/mol. The monoisotopic (exact) mass is 275 g/mol. The van der Waals surface area contributed by atoms with E-state index >= 15 is 0 Å². The zero-order valence-corrected chi connectivity index (χ0v) is 13.8. The molecule has 0 saturated carbocycles. The topological polar surface area (TPSA) is 12.0 Å². The van der Waals surface area contributed by atoms with Crippen LogP contribution in [0.1, 0.15) is 75.0 Å². The first kappa shape index (κ1) is 17.2. The minimum atomic E-state index is 1.02. The molecule has 0 aliphatic heterocycles. The summed E-state index contributed by atoms with van der Waals surface area (Å²) in [6, 6.07) is 6.74. The van der Waals surface area contributed by atoms with Crippen LogP contribution in [0, 0.1) is 13.8 Å². The molecule has 0 bridgehead atoms. The Bertz CT molecular complexity index is 357. The lowest BCUT2D eigenvalue weighted by Crippen LogP contribution is -2.15. The molecule has 1 aromatic carbocycles. The van der Waals surface area contributed by atoms with Crippen molar-refractivity contribution < 1.29 is 0 Å². The van der Waals surface area contributed by atoms with Gasteiger partial charge in [-0.3, -0.25) is 0 Å². The molecule has 0 aromatic heterocycles. The minimum absolute atomic E-state index is 1.02. The van der Waals surface area contributed by atoms with Gasteiger partial charge in [0.05, 0.1) is 0 Å². The molecule has 0 radical (unpaired) electrons. The lowest BCUT2D eigenvalue weighted by molar-refractivity contribution is 0.555. The third-order valence-electron chi connectivity index (χ3n) is 4.02. The zero-order valence-electron chi connectivity index (χ0n) is 13.8. The number of benzene rings is 1. The fourth-order valence-electron chi connectivity index (χ4n) is 2.65. The summed E-state index contributed by atoms with van der Waals surface area (Å²) in [5.41, 5.74) is 4.21. The van der Waals surface area contributed by atoms with Crippen molar-refractivity contribution in [2.24, 2.45) is 0 Å². The number of rotatable bonds is 11. The molecule has 0 amide bonds. The van der Waals surface area contributed by atoms with Gasteiger partial charge in [0.15, 0.2) is 0 Å². The average molecular weight is 275 g/mol. The van der Waals surface area contributed by atoms with Gasteiger partial charge >= 0.3 is 0 Å². The molecule has 0 spiro atoms. The van der Waals surface area contributed by atoms with Crippen molar-refractivity contribution in [2.45, 2.75) is 78.7 Å². The summed E-state index contributed by atoms with van der Waals surface area (Å²) in [4.78, 5) is 0. The molecule has 1 heteroatoms. The van der Waals surface area contributed by atoms with Gasteiger partial charge in [0.1, 0.15) is 0 Å². The Balaban J connectivity index is 1.97. The first-order valence-corrected chi connectivity index (χ1v) is 8.51. The molecule has 0 aliphatic carbocycles. The normalized spacial score (nSPS) is 10.9. The van der Waals surface area contributed by atoms with Crippen molar-refractivity contribution >= 4 is 0 Å². The molecule has 0 atom stereocenters. The number of hydrogen-bond acceptors (Lipinski definition) is 1. The maximum atomic E-state index is 3.57. The summed E-state index contributed by atoms with van der Waals surface area (Å²) in [6.45, 7) is 8.82. The molecule has 0 saturated heterocycles. The quantitative estimate of drug-likeness (QED) is 0.523. The van der Waals surface area contributed by atoms with Crippen molar-refractivity contribution in [1.29, 1.82) is 0 Å². The van der Waals surface area contributed by atoms with Crippen LogP contribution in [0.25, 0.3) is 0 Å². The molecule has 114 valence electrons. The SMILES string of the molecule is CCCCCCCCCCNCc1ccc(C)cc1C. The Hall–Kier alpha value is -0.820. The van der Waals surface area contributed by atoms with E-state index in [1.54, 1.807) is 0 Å². The number of nitrogens with one attached hydrogen (secondary N) is 1. The molecule has 20 heavy (non-hydrogen) atoms. The highest BCUT2D eigenvalue weighted by Gasteiger charge is 1.98. The van der Waals surface area contributed by atoms with Gasteiger partial charge in [0.2, 0.25) is 0 Å². The van der Waals surface area contributed by atoms with Gasteiger partial charge in [-0.25, -0.2) is 0 Å². The molecular weight excluding hydrogens is 242 g/mol. The van der Waals surface area contributed by atoms with Crippen molar-refractivity contribution in [2.75, 3.05) is 6.54 Å². The second-order valence-electron chi connectivity index (χ2n) is 6.08. The summed E-state index contributed by atoms with van der Waals surface area (Å²) in [5.74, 6) is 0. The van der Waals surface area contributed by atoms with E-state index in [1.807, 2.05) is 0 Å². The fraction of sp³-hybridized carbons (Fsp3) is 0.684. The van der Waals surface area contributed by atoms with Gasteiger partial charge in [-0.2, -0.15) is 0 Å². The summed E-state index contributed by atoms with van der Waals surface area (Å²) >= 11 is 0. The largest absolute Gasteiger partial charge is 0.313 e. The second-order valence-corrected chi connectivity index (χ2v) is 6.08. The maximum absolute atomic E-state index is 3.57. The van der Waals surface area contributed by atoms with Crippen LogP contribution in [0.5, 0.6) is 0 Å². The van der Waals surface area contributed by atoms with Crippen LogP contribution in [0.2, 0.25) is 0 Å². The third-order valence-corrected chi connectivity index (χ3v) is 4.02. The highest BCUT2D eigenvalue weighted by Crippen LogP contribution is 2.10. The van der Waals surface area contributed by atoms with Crippen LogP contribution >= 0.6 is 0 Å². The van der Waals surface area contributed by atoms with E-state index in [-0.39, 0.29) is 0 Å². The van der Waals surface area contributed by atoms with E-state index in [9.17, 15) is 0 Å². The first-order chi connectivity index (χ1) is 9.74. The standard InChI is InChI=1S/C19H33N/c1-4-5-6-7-8-9-10-11-14-20-16-19-13-12-17(2)15-18(19)3/h12-13,15,20H,4-11,14,16H2,1-3H3. The average Bonchev–Trinajstić information content (AvgIpc) is 2.43. The molecule has 1 N–H and O–H groups in total. The van der Waals surface area contributed by atoms with Crippen LogP contribution in [-0.4, -0.2) is 6.54 Å². The highest BCUT2D eigenvalue weighted by atomic mass is 14.8. The Morgan fingerprint density at radius 3 is 2.15 bits per heavy atom. The third kappa shape index (κ3) is 7.69. The predicted octanol–water partition coefficient (Wildman–Crippen LogP) is 5.53. The second kappa shape index (κ2) is 10.9. The minimum Gasteiger partial charge on any atom is -0.313 e. The van der Waals surface area contributed by atoms with E-state index in [0.717, 1.165) is 13.1 Å². The fourth-order valence-corrected chi connectivity index (χ4v) is 2.65. The zero-order chi connectivity index (χ0) is 14.6. The van der Waals surface area contributed by atoms with Crippen LogP contribution in [0.15, 0.2) is 18.2 Å². The molecule has 1 nitrogen and oxygen atoms in total. The van der Waals surface area contributed by atoms with E-state index in [2.05, 4.69) is 44.3 Å². The van der Waals surface area contributed by atoms with Crippen molar-refractivity contribution in [3.05, 3.63) is 34.9 Å². The van der Waals surface area contributed by atoms with Crippen molar-refractivity contribution in [1.82, 2.24) is 5.32 Å². The summed E-state index contributed by atoms with van der Waals surface area (Å²) in [6.07, 6.45) is 11.2. The van der Waals surface area contributed by atoms with Crippen LogP contribution in [0.3, 0.4) is 0 Å². The lowest BCUT2D eigenvalue weighted by atomic mass is 10.1. The number of unbranched alkanes of at least 4 members (excludes halogenated alkanes) is 7. The maximum Gasteiger partial charge on any atom is 0.0208 e. The summed E-state index contributed by atoms with van der Waals surface area (Å²) in [7, 11) is 0. The van der Waals surface area contributed by atoms with Gasteiger partial charge in [-0.15, -0.1) is 0 Å². The van der Waals surface area contributed by atoms with E-state index in [1.165, 1.54) is 68.1 Å². The first-order valence-electron chi connectivity index (χ1n) is 8.51. The molecule has 0 unspecified atom stereocenters.